The zero-order valence-corrected chi connectivity index (χ0v) is 12.4. The summed E-state index contributed by atoms with van der Waals surface area (Å²) in [5.41, 5.74) is 18.5. The van der Waals surface area contributed by atoms with Gasteiger partial charge in [0.25, 0.3) is 0 Å². The van der Waals surface area contributed by atoms with E-state index < -0.39 is 0 Å². The van der Waals surface area contributed by atoms with E-state index in [-0.39, 0.29) is 7.43 Å². The van der Waals surface area contributed by atoms with Crippen LogP contribution in [-0.2, 0) is 22.3 Å². The van der Waals surface area contributed by atoms with E-state index >= 15 is 0 Å². The third kappa shape index (κ3) is 3.66. The van der Waals surface area contributed by atoms with Crippen LogP contribution in [0.4, 0.5) is 11.4 Å². The topological polar surface area (TPSA) is 77.1 Å². The Morgan fingerprint density at radius 3 is 1.52 bits per heavy atom. The summed E-state index contributed by atoms with van der Waals surface area (Å²) >= 11 is 0. The molecule has 4 nitrogen and oxygen atoms in total. The molecule has 0 aromatic heterocycles. The van der Waals surface area contributed by atoms with E-state index in [9.17, 15) is 0 Å². The second-order valence-corrected chi connectivity index (χ2v) is 6.15. The molecule has 0 aliphatic carbocycles. The molecule has 0 bridgehead atoms. The van der Waals surface area contributed by atoms with E-state index in [2.05, 4.69) is 24.3 Å². The lowest BCUT2D eigenvalue weighted by atomic mass is 9.91. The SMILES string of the molecule is C.Nc1ccc(-c2ccc(N)cc2CC2CO2)c(CC2CO2)c1. The van der Waals surface area contributed by atoms with E-state index in [0.29, 0.717) is 12.2 Å². The largest absolute Gasteiger partial charge is 0.399 e. The van der Waals surface area contributed by atoms with Crippen LogP contribution < -0.4 is 11.5 Å². The Morgan fingerprint density at radius 2 is 1.17 bits per heavy atom. The highest BCUT2D eigenvalue weighted by Gasteiger charge is 2.26. The van der Waals surface area contributed by atoms with Gasteiger partial charge in [-0.15, -0.1) is 0 Å². The smallest absolute Gasteiger partial charge is 0.0850 e. The van der Waals surface area contributed by atoms with Crippen molar-refractivity contribution >= 4 is 11.4 Å². The van der Waals surface area contributed by atoms with Gasteiger partial charge < -0.3 is 20.9 Å². The first kappa shape index (κ1) is 15.8. The molecule has 0 spiro atoms. The van der Waals surface area contributed by atoms with Crippen LogP contribution in [0, 0.1) is 0 Å². The van der Waals surface area contributed by atoms with Gasteiger partial charge in [-0.1, -0.05) is 19.6 Å². The van der Waals surface area contributed by atoms with Crippen molar-refractivity contribution in [3.05, 3.63) is 47.5 Å². The predicted molar refractivity (Wildman–Crippen MR) is 94.3 cm³/mol. The van der Waals surface area contributed by atoms with Crippen molar-refractivity contribution in [3.8, 4) is 11.1 Å². The van der Waals surface area contributed by atoms with E-state index in [1.165, 1.54) is 22.3 Å². The summed E-state index contributed by atoms with van der Waals surface area (Å²) < 4.78 is 10.8. The molecule has 4 heteroatoms. The Morgan fingerprint density at radius 1 is 0.783 bits per heavy atom. The highest BCUT2D eigenvalue weighted by molar-refractivity contribution is 5.74. The molecule has 2 saturated heterocycles. The lowest BCUT2D eigenvalue weighted by molar-refractivity contribution is 0.407. The number of ether oxygens (including phenoxy) is 2. The first-order valence-electron chi connectivity index (χ1n) is 7.69. The van der Waals surface area contributed by atoms with Crippen molar-refractivity contribution in [2.24, 2.45) is 0 Å². The van der Waals surface area contributed by atoms with Crippen molar-refractivity contribution < 1.29 is 9.47 Å². The van der Waals surface area contributed by atoms with Crippen LogP contribution in [0.2, 0.25) is 0 Å². The Bertz CT molecular complexity index is 645. The van der Waals surface area contributed by atoms with Crippen LogP contribution in [0.15, 0.2) is 36.4 Å². The van der Waals surface area contributed by atoms with Gasteiger partial charge in [0.15, 0.2) is 0 Å². The Labute approximate surface area is 137 Å². The second kappa shape index (κ2) is 6.22. The van der Waals surface area contributed by atoms with Crippen LogP contribution in [0.5, 0.6) is 0 Å². The monoisotopic (exact) mass is 312 g/mol. The minimum Gasteiger partial charge on any atom is -0.399 e. The molecule has 2 fully saturated rings. The number of hydrogen-bond donors (Lipinski definition) is 2. The molecule has 2 atom stereocenters. The third-order valence-electron chi connectivity index (χ3n) is 4.25. The van der Waals surface area contributed by atoms with Gasteiger partial charge >= 0.3 is 0 Å². The minimum absolute atomic E-state index is 0. The number of nitrogen functional groups attached to an aromatic ring is 2. The zero-order chi connectivity index (χ0) is 15.1. The molecule has 0 amide bonds. The Kier molecular flexibility index (Phi) is 4.28. The van der Waals surface area contributed by atoms with Crippen molar-refractivity contribution in [1.82, 2.24) is 0 Å². The molecule has 122 valence electrons. The summed E-state index contributed by atoms with van der Waals surface area (Å²) in [6.45, 7) is 1.69. The number of nitrogens with two attached hydrogens (primary N) is 2. The summed E-state index contributed by atoms with van der Waals surface area (Å²) in [6.07, 6.45) is 2.49. The van der Waals surface area contributed by atoms with Gasteiger partial charge in [0, 0.05) is 24.2 Å². The summed E-state index contributed by atoms with van der Waals surface area (Å²) in [6, 6.07) is 12.3. The molecule has 0 saturated carbocycles. The molecule has 2 aliphatic heterocycles. The molecule has 0 radical (unpaired) electrons. The number of hydrogen-bond acceptors (Lipinski definition) is 4. The Balaban J connectivity index is 0.00000156. The summed E-state index contributed by atoms with van der Waals surface area (Å²) in [5.74, 6) is 0. The summed E-state index contributed by atoms with van der Waals surface area (Å²) in [7, 11) is 0. The molecule has 4 N–H and O–H groups in total. The zero-order valence-electron chi connectivity index (χ0n) is 12.4. The standard InChI is InChI=1S/C18H20N2O2.CH4/c19-13-1-3-17(11(5-13)7-15-9-21-15)18-4-2-14(20)6-12(18)8-16-10-22-16;/h1-6,15-16H,7-10,19-20H2;1H4. The molecule has 2 aliphatic rings. The maximum Gasteiger partial charge on any atom is 0.0850 e. The average Bonchev–Trinajstić information content (AvgIpc) is 3.36. The molecular weight excluding hydrogens is 288 g/mol. The molecule has 23 heavy (non-hydrogen) atoms. The van der Waals surface area contributed by atoms with Crippen molar-refractivity contribution in [2.75, 3.05) is 24.7 Å². The quantitative estimate of drug-likeness (QED) is 0.657. The highest BCUT2D eigenvalue weighted by Crippen LogP contribution is 2.34. The van der Waals surface area contributed by atoms with Crippen LogP contribution in [0.1, 0.15) is 18.6 Å². The second-order valence-electron chi connectivity index (χ2n) is 6.15. The van der Waals surface area contributed by atoms with Gasteiger partial charge in [-0.3, -0.25) is 0 Å². The first-order valence-corrected chi connectivity index (χ1v) is 7.69. The number of epoxide rings is 2. The molecule has 4 rings (SSSR count). The van der Waals surface area contributed by atoms with Gasteiger partial charge in [-0.05, 0) is 46.5 Å². The number of rotatable bonds is 5. The van der Waals surface area contributed by atoms with Crippen LogP contribution in [-0.4, -0.2) is 25.4 Å². The van der Waals surface area contributed by atoms with Crippen molar-refractivity contribution in [3.63, 3.8) is 0 Å². The molecule has 2 unspecified atom stereocenters. The van der Waals surface area contributed by atoms with Crippen molar-refractivity contribution in [1.29, 1.82) is 0 Å². The summed E-state index contributed by atoms with van der Waals surface area (Å²) in [5, 5.41) is 0. The average molecular weight is 312 g/mol. The van der Waals surface area contributed by atoms with Crippen molar-refractivity contribution in [2.45, 2.75) is 32.5 Å². The van der Waals surface area contributed by atoms with Gasteiger partial charge in [-0.2, -0.15) is 0 Å². The maximum atomic E-state index is 5.97. The molecule has 2 heterocycles. The van der Waals surface area contributed by atoms with Crippen LogP contribution in [0.3, 0.4) is 0 Å². The van der Waals surface area contributed by atoms with Crippen LogP contribution in [0.25, 0.3) is 11.1 Å². The maximum absolute atomic E-state index is 5.97. The predicted octanol–water partition coefficient (Wildman–Crippen LogP) is 3.04. The van der Waals surface area contributed by atoms with Gasteiger partial charge in [-0.25, -0.2) is 0 Å². The van der Waals surface area contributed by atoms with Crippen LogP contribution >= 0.6 is 0 Å². The Hall–Kier alpha value is -2.04. The number of anilines is 2. The van der Waals surface area contributed by atoms with E-state index in [0.717, 1.165) is 37.4 Å². The van der Waals surface area contributed by atoms with Gasteiger partial charge in [0.05, 0.1) is 25.4 Å². The minimum atomic E-state index is 0. The third-order valence-corrected chi connectivity index (χ3v) is 4.25. The fourth-order valence-electron chi connectivity index (χ4n) is 2.95. The highest BCUT2D eigenvalue weighted by atomic mass is 16.6. The lowest BCUT2D eigenvalue weighted by Crippen LogP contribution is -2.02. The molecule has 2 aromatic carbocycles. The van der Waals surface area contributed by atoms with E-state index in [1.54, 1.807) is 0 Å². The van der Waals surface area contributed by atoms with Gasteiger partial charge in [0.1, 0.15) is 0 Å². The van der Waals surface area contributed by atoms with E-state index in [4.69, 9.17) is 20.9 Å². The lowest BCUT2D eigenvalue weighted by Gasteiger charge is -2.15. The normalized spacial score (nSPS) is 21.6. The summed E-state index contributed by atoms with van der Waals surface area (Å²) in [4.78, 5) is 0. The first-order chi connectivity index (χ1) is 10.7. The molecular formula is C19H24N2O2. The van der Waals surface area contributed by atoms with Gasteiger partial charge in [0.2, 0.25) is 0 Å². The molecule has 2 aromatic rings. The van der Waals surface area contributed by atoms with E-state index in [1.807, 2.05) is 12.1 Å². The fraction of sp³-hybridized carbons (Fsp3) is 0.368. The fourth-order valence-corrected chi connectivity index (χ4v) is 2.95. The number of benzene rings is 2.